The summed E-state index contributed by atoms with van der Waals surface area (Å²) in [6.45, 7) is 2.09. The molecule has 0 saturated carbocycles. The number of halogens is 4. The predicted molar refractivity (Wildman–Crippen MR) is 83.6 cm³/mol. The molecule has 0 fully saturated rings. The fourth-order valence-corrected chi connectivity index (χ4v) is 1.93. The minimum absolute atomic E-state index is 0.0137. The molecule has 1 aromatic heterocycles. The number of nitrogens with zero attached hydrogens (tertiary/aromatic N) is 3. The maximum atomic E-state index is 13.0. The third-order valence-electron chi connectivity index (χ3n) is 2.94. The quantitative estimate of drug-likeness (QED) is 0.439. The van der Waals surface area contributed by atoms with Crippen LogP contribution in [0, 0.1) is 0 Å². The van der Waals surface area contributed by atoms with Crippen LogP contribution in [0.3, 0.4) is 0 Å². The van der Waals surface area contributed by atoms with Gasteiger partial charge in [-0.1, -0.05) is 0 Å². The standard InChI is InChI=1S/C16H15F4N3O3/c1-10(2)26-14(24)3-4-23-9-21-15(22-23)11-5-12(16(18,19)20)7-13(6-11)25-8-17/h3-7,9-10H,8H2,1-2H3/b4-3-. The molecule has 0 unspecified atom stereocenters. The van der Waals surface area contributed by atoms with Gasteiger partial charge in [-0.25, -0.2) is 18.9 Å². The molecule has 0 amide bonds. The van der Waals surface area contributed by atoms with Gasteiger partial charge >= 0.3 is 12.1 Å². The van der Waals surface area contributed by atoms with Crippen molar-refractivity contribution in [3.05, 3.63) is 36.2 Å². The third kappa shape index (κ3) is 5.30. The monoisotopic (exact) mass is 373 g/mol. The minimum atomic E-state index is -4.65. The molecule has 140 valence electrons. The van der Waals surface area contributed by atoms with E-state index in [0.29, 0.717) is 6.07 Å². The summed E-state index contributed by atoms with van der Waals surface area (Å²) in [4.78, 5) is 15.3. The van der Waals surface area contributed by atoms with Gasteiger partial charge in [0.15, 0.2) is 5.82 Å². The van der Waals surface area contributed by atoms with E-state index in [9.17, 15) is 22.4 Å². The van der Waals surface area contributed by atoms with Crippen LogP contribution >= 0.6 is 0 Å². The van der Waals surface area contributed by atoms with Gasteiger partial charge in [0.25, 0.3) is 0 Å². The molecule has 6 nitrogen and oxygen atoms in total. The maximum Gasteiger partial charge on any atom is 0.416 e. The number of benzene rings is 1. The van der Waals surface area contributed by atoms with Crippen LogP contribution in [0.1, 0.15) is 19.4 Å². The molecule has 0 N–H and O–H groups in total. The van der Waals surface area contributed by atoms with E-state index >= 15 is 0 Å². The van der Waals surface area contributed by atoms with E-state index in [4.69, 9.17) is 4.74 Å². The zero-order chi connectivity index (χ0) is 19.3. The summed E-state index contributed by atoms with van der Waals surface area (Å²) < 4.78 is 61.8. The van der Waals surface area contributed by atoms with Gasteiger partial charge in [0, 0.05) is 17.8 Å². The lowest BCUT2D eigenvalue weighted by Crippen LogP contribution is -2.08. The highest BCUT2D eigenvalue weighted by Crippen LogP contribution is 2.34. The molecule has 0 radical (unpaired) electrons. The largest absolute Gasteiger partial charge is 0.463 e. The average Bonchev–Trinajstić information content (AvgIpc) is 3.00. The zero-order valence-corrected chi connectivity index (χ0v) is 13.8. The van der Waals surface area contributed by atoms with Crippen LogP contribution in [-0.2, 0) is 15.7 Å². The lowest BCUT2D eigenvalue weighted by Gasteiger charge is -2.10. The molecule has 0 aliphatic heterocycles. The summed E-state index contributed by atoms with van der Waals surface area (Å²) in [6, 6.07) is 2.69. The van der Waals surface area contributed by atoms with Crippen molar-refractivity contribution in [2.45, 2.75) is 26.1 Å². The molecule has 26 heavy (non-hydrogen) atoms. The van der Waals surface area contributed by atoms with E-state index in [1.807, 2.05) is 0 Å². The number of carbonyl (C=O) groups excluding carboxylic acids is 1. The summed E-state index contributed by atoms with van der Waals surface area (Å²) in [7, 11) is 0. The van der Waals surface area contributed by atoms with E-state index in [2.05, 4.69) is 14.8 Å². The summed E-state index contributed by atoms with van der Waals surface area (Å²) in [5, 5.41) is 3.95. The Morgan fingerprint density at radius 2 is 2.04 bits per heavy atom. The molecule has 2 aromatic rings. The van der Waals surface area contributed by atoms with Crippen molar-refractivity contribution >= 4 is 12.2 Å². The smallest absolute Gasteiger partial charge is 0.416 e. The molecule has 0 bridgehead atoms. The van der Waals surface area contributed by atoms with Gasteiger partial charge < -0.3 is 9.47 Å². The van der Waals surface area contributed by atoms with E-state index in [-0.39, 0.29) is 23.2 Å². The number of carbonyl (C=O) groups is 1. The van der Waals surface area contributed by atoms with Crippen LogP contribution in [0.5, 0.6) is 5.75 Å². The molecule has 0 saturated heterocycles. The molecule has 0 spiro atoms. The third-order valence-corrected chi connectivity index (χ3v) is 2.94. The Labute approximate surface area is 146 Å². The Balaban J connectivity index is 2.29. The molecule has 1 aromatic carbocycles. The first-order chi connectivity index (χ1) is 12.2. The van der Waals surface area contributed by atoms with Gasteiger partial charge in [-0.15, -0.1) is 5.10 Å². The number of alkyl halides is 4. The highest BCUT2D eigenvalue weighted by Gasteiger charge is 2.32. The number of esters is 1. The molecular formula is C16H15F4N3O3. The van der Waals surface area contributed by atoms with Gasteiger partial charge in [0.2, 0.25) is 6.86 Å². The van der Waals surface area contributed by atoms with Crippen molar-refractivity contribution in [2.24, 2.45) is 0 Å². The van der Waals surface area contributed by atoms with Crippen LogP contribution in [0.25, 0.3) is 17.6 Å². The topological polar surface area (TPSA) is 66.2 Å². The first kappa shape index (κ1) is 19.4. The fourth-order valence-electron chi connectivity index (χ4n) is 1.93. The highest BCUT2D eigenvalue weighted by molar-refractivity contribution is 5.85. The second kappa shape index (κ2) is 7.98. The normalized spacial score (nSPS) is 12.0. The first-order valence-electron chi connectivity index (χ1n) is 7.40. The molecule has 1 heterocycles. The molecule has 2 rings (SSSR count). The van der Waals surface area contributed by atoms with Crippen molar-refractivity contribution in [1.29, 1.82) is 0 Å². The fraction of sp³-hybridized carbons (Fsp3) is 0.312. The minimum Gasteiger partial charge on any atom is -0.463 e. The zero-order valence-electron chi connectivity index (χ0n) is 13.8. The lowest BCUT2D eigenvalue weighted by molar-refractivity contribution is -0.141. The molecule has 0 aliphatic carbocycles. The van der Waals surface area contributed by atoms with Crippen LogP contribution in [0.15, 0.2) is 30.6 Å². The molecule has 0 atom stereocenters. The van der Waals surface area contributed by atoms with Crippen molar-refractivity contribution in [3.63, 3.8) is 0 Å². The second-order valence-corrected chi connectivity index (χ2v) is 5.35. The number of rotatable bonds is 6. The van der Waals surface area contributed by atoms with Crippen LogP contribution in [0.4, 0.5) is 17.6 Å². The number of hydrogen-bond donors (Lipinski definition) is 0. The SMILES string of the molecule is CC(C)OC(=O)/C=C\n1cnc(-c2cc(OCF)cc(C(F)(F)F)c2)n1. The highest BCUT2D eigenvalue weighted by atomic mass is 19.4. The van der Waals surface area contributed by atoms with Crippen molar-refractivity contribution in [1.82, 2.24) is 14.8 Å². The Kier molecular flexibility index (Phi) is 5.96. The Hall–Kier alpha value is -2.91. The van der Waals surface area contributed by atoms with Gasteiger partial charge in [-0.05, 0) is 32.0 Å². The Morgan fingerprint density at radius 3 is 2.65 bits per heavy atom. The molecular weight excluding hydrogens is 358 g/mol. The van der Waals surface area contributed by atoms with Crippen molar-refractivity contribution < 1.29 is 31.8 Å². The van der Waals surface area contributed by atoms with Crippen LogP contribution < -0.4 is 4.74 Å². The second-order valence-electron chi connectivity index (χ2n) is 5.35. The summed E-state index contributed by atoms with van der Waals surface area (Å²) in [5.41, 5.74) is -1.04. The Bertz CT molecular complexity index is 800. The van der Waals surface area contributed by atoms with Crippen LogP contribution in [-0.4, -0.2) is 33.7 Å². The molecule has 0 aliphatic rings. The number of hydrogen-bond acceptors (Lipinski definition) is 5. The van der Waals surface area contributed by atoms with Gasteiger partial charge in [-0.2, -0.15) is 13.2 Å². The van der Waals surface area contributed by atoms with Gasteiger partial charge in [0.05, 0.1) is 11.7 Å². The van der Waals surface area contributed by atoms with Crippen molar-refractivity contribution in [2.75, 3.05) is 6.86 Å². The average molecular weight is 373 g/mol. The van der Waals surface area contributed by atoms with Crippen LogP contribution in [0.2, 0.25) is 0 Å². The van der Waals surface area contributed by atoms with E-state index < -0.39 is 24.6 Å². The van der Waals surface area contributed by atoms with Gasteiger partial charge in [0.1, 0.15) is 12.1 Å². The predicted octanol–water partition coefficient (Wildman–Crippen LogP) is 3.69. The number of aromatic nitrogens is 3. The first-order valence-corrected chi connectivity index (χ1v) is 7.40. The number of ether oxygens (including phenoxy) is 2. The van der Waals surface area contributed by atoms with E-state index in [1.54, 1.807) is 13.8 Å². The maximum absolute atomic E-state index is 13.0. The van der Waals surface area contributed by atoms with Gasteiger partial charge in [-0.3, -0.25) is 0 Å². The Morgan fingerprint density at radius 1 is 1.31 bits per heavy atom. The van der Waals surface area contributed by atoms with Crippen molar-refractivity contribution in [3.8, 4) is 17.1 Å². The molecule has 10 heteroatoms. The summed E-state index contributed by atoms with van der Waals surface area (Å²) in [6.07, 6.45) is -1.40. The lowest BCUT2D eigenvalue weighted by atomic mass is 10.1. The van der Waals surface area contributed by atoms with E-state index in [0.717, 1.165) is 16.8 Å². The summed E-state index contributed by atoms with van der Waals surface area (Å²) in [5.74, 6) is -0.957. The van der Waals surface area contributed by atoms with E-state index in [1.165, 1.54) is 18.6 Å². The summed E-state index contributed by atoms with van der Waals surface area (Å²) >= 11 is 0.